The number of rotatable bonds is 2. The molecule has 1 aliphatic rings. The first-order valence-corrected chi connectivity index (χ1v) is 4.94. The van der Waals surface area contributed by atoms with Crippen molar-refractivity contribution < 1.29 is 13.5 Å². The van der Waals surface area contributed by atoms with Gasteiger partial charge in [-0.1, -0.05) is 0 Å². The van der Waals surface area contributed by atoms with E-state index < -0.39 is 11.6 Å². The molecule has 16 heavy (non-hydrogen) atoms. The minimum atomic E-state index is -1.11. The molecule has 1 aromatic rings. The third-order valence-corrected chi connectivity index (χ3v) is 2.49. The fourth-order valence-corrected chi connectivity index (χ4v) is 1.62. The van der Waals surface area contributed by atoms with Crippen LogP contribution < -0.4 is 5.32 Å². The highest BCUT2D eigenvalue weighted by atomic mass is 19.2. The van der Waals surface area contributed by atoms with E-state index in [1.165, 1.54) is 12.1 Å². The number of anilines is 1. The number of nitrogens with zero attached hydrogens (tertiary/aromatic N) is 1. The average Bonchev–Trinajstić information content (AvgIpc) is 2.78. The summed E-state index contributed by atoms with van der Waals surface area (Å²) in [7, 11) is 0. The standard InChI is InChI=1S/C11H10F2N2O/c12-10-7(5-14)1-2-9(11(10)13)15-8-3-4-16-6-8/h1-2,8,15H,3-4,6H2. The van der Waals surface area contributed by atoms with Crippen molar-refractivity contribution in [3.63, 3.8) is 0 Å². The van der Waals surface area contributed by atoms with Gasteiger partial charge in [-0.3, -0.25) is 0 Å². The van der Waals surface area contributed by atoms with Gasteiger partial charge in [0.2, 0.25) is 0 Å². The van der Waals surface area contributed by atoms with Crippen molar-refractivity contribution in [2.75, 3.05) is 18.5 Å². The summed E-state index contributed by atoms with van der Waals surface area (Å²) < 4.78 is 31.9. The Kier molecular flexibility index (Phi) is 3.02. The molecule has 84 valence electrons. The van der Waals surface area contributed by atoms with Crippen LogP contribution in [0.25, 0.3) is 0 Å². The van der Waals surface area contributed by atoms with Crippen LogP contribution in [0.15, 0.2) is 12.1 Å². The van der Waals surface area contributed by atoms with E-state index in [1.54, 1.807) is 6.07 Å². The number of hydrogen-bond donors (Lipinski definition) is 1. The summed E-state index contributed by atoms with van der Waals surface area (Å²) in [4.78, 5) is 0. The number of ether oxygens (including phenoxy) is 1. The molecule has 1 N–H and O–H groups in total. The predicted molar refractivity (Wildman–Crippen MR) is 53.9 cm³/mol. The van der Waals surface area contributed by atoms with Crippen LogP contribution in [0.5, 0.6) is 0 Å². The number of benzene rings is 1. The quantitative estimate of drug-likeness (QED) is 0.836. The second-order valence-corrected chi connectivity index (χ2v) is 3.61. The molecule has 1 fully saturated rings. The summed E-state index contributed by atoms with van der Waals surface area (Å²) in [6, 6.07) is 4.22. The molecule has 0 saturated carbocycles. The Labute approximate surface area is 91.6 Å². The maximum absolute atomic E-state index is 13.5. The Morgan fingerprint density at radius 2 is 2.19 bits per heavy atom. The van der Waals surface area contributed by atoms with Gasteiger partial charge < -0.3 is 10.1 Å². The van der Waals surface area contributed by atoms with Crippen LogP contribution in [0.3, 0.4) is 0 Å². The van der Waals surface area contributed by atoms with Crippen LogP contribution in [0, 0.1) is 23.0 Å². The molecule has 1 saturated heterocycles. The van der Waals surface area contributed by atoms with E-state index in [9.17, 15) is 8.78 Å². The summed E-state index contributed by atoms with van der Waals surface area (Å²) in [5, 5.41) is 11.4. The van der Waals surface area contributed by atoms with Crippen molar-refractivity contribution in [1.82, 2.24) is 0 Å². The van der Waals surface area contributed by atoms with Gasteiger partial charge in [-0.15, -0.1) is 0 Å². The zero-order valence-corrected chi connectivity index (χ0v) is 8.46. The van der Waals surface area contributed by atoms with E-state index in [1.807, 2.05) is 0 Å². The lowest BCUT2D eigenvalue weighted by Gasteiger charge is -2.13. The topological polar surface area (TPSA) is 45.0 Å². The molecule has 1 aliphatic heterocycles. The summed E-state index contributed by atoms with van der Waals surface area (Å²) in [5.74, 6) is -2.11. The summed E-state index contributed by atoms with van der Waals surface area (Å²) in [6.45, 7) is 1.11. The van der Waals surface area contributed by atoms with Gasteiger partial charge in [-0.2, -0.15) is 5.26 Å². The molecule has 1 atom stereocenters. The first-order chi connectivity index (χ1) is 7.72. The zero-order chi connectivity index (χ0) is 11.5. The molecule has 0 spiro atoms. The third kappa shape index (κ3) is 1.97. The highest BCUT2D eigenvalue weighted by Crippen LogP contribution is 2.22. The van der Waals surface area contributed by atoms with E-state index in [4.69, 9.17) is 10.00 Å². The van der Waals surface area contributed by atoms with Crippen LogP contribution in [-0.4, -0.2) is 19.3 Å². The molecule has 0 radical (unpaired) electrons. The number of nitrogens with one attached hydrogen (secondary N) is 1. The molecule has 5 heteroatoms. The normalized spacial score (nSPS) is 19.4. The summed E-state index contributed by atoms with van der Waals surface area (Å²) in [6.07, 6.45) is 0.765. The highest BCUT2D eigenvalue weighted by molar-refractivity contribution is 5.50. The van der Waals surface area contributed by atoms with Gasteiger partial charge in [0.15, 0.2) is 11.6 Å². The Bertz CT molecular complexity index is 436. The van der Waals surface area contributed by atoms with E-state index in [0.29, 0.717) is 13.2 Å². The third-order valence-electron chi connectivity index (χ3n) is 2.49. The zero-order valence-electron chi connectivity index (χ0n) is 8.46. The van der Waals surface area contributed by atoms with Crippen molar-refractivity contribution >= 4 is 5.69 Å². The van der Waals surface area contributed by atoms with Gasteiger partial charge in [0, 0.05) is 6.61 Å². The molecule has 0 bridgehead atoms. The SMILES string of the molecule is N#Cc1ccc(NC2CCOC2)c(F)c1F. The Hall–Kier alpha value is -1.67. The van der Waals surface area contributed by atoms with Crippen molar-refractivity contribution in [3.05, 3.63) is 29.3 Å². The van der Waals surface area contributed by atoms with Gasteiger partial charge in [0.1, 0.15) is 6.07 Å². The second-order valence-electron chi connectivity index (χ2n) is 3.61. The number of nitriles is 1. The second kappa shape index (κ2) is 4.45. The maximum atomic E-state index is 13.5. The molecule has 0 aliphatic carbocycles. The largest absolute Gasteiger partial charge is 0.379 e. The monoisotopic (exact) mass is 224 g/mol. The Morgan fingerprint density at radius 3 is 2.81 bits per heavy atom. The van der Waals surface area contributed by atoms with E-state index in [0.717, 1.165) is 6.42 Å². The average molecular weight is 224 g/mol. The summed E-state index contributed by atoms with van der Waals surface area (Å²) >= 11 is 0. The van der Waals surface area contributed by atoms with Crippen LogP contribution >= 0.6 is 0 Å². The predicted octanol–water partition coefficient (Wildman–Crippen LogP) is 2.04. The van der Waals surface area contributed by atoms with Crippen LogP contribution in [0.2, 0.25) is 0 Å². The lowest BCUT2D eigenvalue weighted by atomic mass is 10.1. The van der Waals surface area contributed by atoms with Crippen LogP contribution in [0.4, 0.5) is 14.5 Å². The first kappa shape index (κ1) is 10.8. The minimum absolute atomic E-state index is 0.00170. The van der Waals surface area contributed by atoms with Crippen LogP contribution in [0.1, 0.15) is 12.0 Å². The minimum Gasteiger partial charge on any atom is -0.379 e. The lowest BCUT2D eigenvalue weighted by molar-refractivity contribution is 0.195. The van der Waals surface area contributed by atoms with E-state index in [2.05, 4.69) is 5.32 Å². The van der Waals surface area contributed by atoms with Gasteiger partial charge in [-0.25, -0.2) is 8.78 Å². The Balaban J connectivity index is 2.22. The molecule has 0 aromatic heterocycles. The van der Waals surface area contributed by atoms with Gasteiger partial charge >= 0.3 is 0 Å². The van der Waals surface area contributed by atoms with Crippen LogP contribution in [-0.2, 0) is 4.74 Å². The van der Waals surface area contributed by atoms with Gasteiger partial charge in [-0.05, 0) is 18.6 Å². The lowest BCUT2D eigenvalue weighted by Crippen LogP contribution is -2.20. The van der Waals surface area contributed by atoms with Crippen molar-refractivity contribution in [3.8, 4) is 6.07 Å². The molecule has 1 aromatic carbocycles. The van der Waals surface area contributed by atoms with Crippen molar-refractivity contribution in [1.29, 1.82) is 5.26 Å². The Morgan fingerprint density at radius 1 is 1.38 bits per heavy atom. The molecule has 3 nitrogen and oxygen atoms in total. The van der Waals surface area contributed by atoms with E-state index in [-0.39, 0.29) is 17.3 Å². The fourth-order valence-electron chi connectivity index (χ4n) is 1.62. The molecular formula is C11H10F2N2O. The molecule has 1 unspecified atom stereocenters. The molecular weight excluding hydrogens is 214 g/mol. The van der Waals surface area contributed by atoms with Crippen molar-refractivity contribution in [2.24, 2.45) is 0 Å². The van der Waals surface area contributed by atoms with Gasteiger partial charge in [0.25, 0.3) is 0 Å². The van der Waals surface area contributed by atoms with Gasteiger partial charge in [0.05, 0.1) is 23.9 Å². The smallest absolute Gasteiger partial charge is 0.183 e. The maximum Gasteiger partial charge on any atom is 0.183 e. The fraction of sp³-hybridized carbons (Fsp3) is 0.364. The molecule has 0 amide bonds. The molecule has 2 rings (SSSR count). The number of halogens is 2. The highest BCUT2D eigenvalue weighted by Gasteiger charge is 2.19. The first-order valence-electron chi connectivity index (χ1n) is 4.94. The van der Waals surface area contributed by atoms with Crippen molar-refractivity contribution in [2.45, 2.75) is 12.5 Å². The number of hydrogen-bond acceptors (Lipinski definition) is 3. The van der Waals surface area contributed by atoms with E-state index >= 15 is 0 Å². The molecule has 1 heterocycles. The summed E-state index contributed by atoms with van der Waals surface area (Å²) in [5.41, 5.74) is -0.210.